The SMILES string of the molecule is NC1CCC(C(=O)NC2C=CC(C(=O)O)C2)C1. The highest BCUT2D eigenvalue weighted by atomic mass is 16.4. The summed E-state index contributed by atoms with van der Waals surface area (Å²) in [5, 5.41) is 11.7. The van der Waals surface area contributed by atoms with Gasteiger partial charge in [0.2, 0.25) is 5.91 Å². The van der Waals surface area contributed by atoms with Crippen LogP contribution in [-0.2, 0) is 9.59 Å². The summed E-state index contributed by atoms with van der Waals surface area (Å²) >= 11 is 0. The largest absolute Gasteiger partial charge is 0.481 e. The van der Waals surface area contributed by atoms with Gasteiger partial charge in [-0.05, 0) is 25.7 Å². The summed E-state index contributed by atoms with van der Waals surface area (Å²) < 4.78 is 0. The molecule has 5 heteroatoms. The van der Waals surface area contributed by atoms with Crippen molar-refractivity contribution in [1.82, 2.24) is 5.32 Å². The Balaban J connectivity index is 1.81. The summed E-state index contributed by atoms with van der Waals surface area (Å²) in [6.07, 6.45) is 6.35. The van der Waals surface area contributed by atoms with Crippen LogP contribution in [0.1, 0.15) is 25.7 Å². The number of carboxylic acid groups (broad SMARTS) is 1. The summed E-state index contributed by atoms with van der Waals surface area (Å²) in [4.78, 5) is 22.6. The van der Waals surface area contributed by atoms with E-state index < -0.39 is 11.9 Å². The second-order valence-corrected chi connectivity index (χ2v) is 4.95. The number of carboxylic acids is 1. The van der Waals surface area contributed by atoms with Crippen LogP contribution in [0.15, 0.2) is 12.2 Å². The Bertz CT molecular complexity index is 354. The lowest BCUT2D eigenvalue weighted by Gasteiger charge is -2.15. The molecule has 5 nitrogen and oxygen atoms in total. The molecule has 1 fully saturated rings. The monoisotopic (exact) mass is 238 g/mol. The first-order chi connectivity index (χ1) is 8.06. The average molecular weight is 238 g/mol. The molecule has 0 aromatic carbocycles. The van der Waals surface area contributed by atoms with Crippen molar-refractivity contribution in [3.63, 3.8) is 0 Å². The second-order valence-electron chi connectivity index (χ2n) is 4.95. The molecule has 1 amide bonds. The van der Waals surface area contributed by atoms with Crippen LogP contribution in [0.25, 0.3) is 0 Å². The van der Waals surface area contributed by atoms with Crippen LogP contribution in [0.2, 0.25) is 0 Å². The van der Waals surface area contributed by atoms with E-state index in [-0.39, 0.29) is 23.9 Å². The number of amides is 1. The van der Waals surface area contributed by atoms with Gasteiger partial charge in [0.1, 0.15) is 0 Å². The first-order valence-corrected chi connectivity index (χ1v) is 6.03. The Labute approximate surface area is 100 Å². The van der Waals surface area contributed by atoms with Gasteiger partial charge in [-0.15, -0.1) is 0 Å². The zero-order valence-electron chi connectivity index (χ0n) is 9.63. The fourth-order valence-corrected chi connectivity index (χ4v) is 2.54. The minimum Gasteiger partial charge on any atom is -0.481 e. The minimum absolute atomic E-state index is 0.00211. The molecule has 4 unspecified atom stereocenters. The van der Waals surface area contributed by atoms with Crippen molar-refractivity contribution in [3.05, 3.63) is 12.2 Å². The molecule has 0 saturated heterocycles. The molecular weight excluding hydrogens is 220 g/mol. The molecule has 1 saturated carbocycles. The molecule has 0 aromatic heterocycles. The third-order valence-corrected chi connectivity index (χ3v) is 3.57. The third-order valence-electron chi connectivity index (χ3n) is 3.57. The lowest BCUT2D eigenvalue weighted by atomic mass is 10.1. The van der Waals surface area contributed by atoms with E-state index in [9.17, 15) is 9.59 Å². The summed E-state index contributed by atoms with van der Waals surface area (Å²) in [5.74, 6) is -1.28. The lowest BCUT2D eigenvalue weighted by molar-refractivity contribution is -0.140. The van der Waals surface area contributed by atoms with E-state index in [0.29, 0.717) is 6.42 Å². The molecule has 0 aromatic rings. The van der Waals surface area contributed by atoms with E-state index in [2.05, 4.69) is 5.32 Å². The first-order valence-electron chi connectivity index (χ1n) is 6.03. The van der Waals surface area contributed by atoms with E-state index >= 15 is 0 Å². The van der Waals surface area contributed by atoms with Gasteiger partial charge in [0.25, 0.3) is 0 Å². The van der Waals surface area contributed by atoms with Crippen molar-refractivity contribution < 1.29 is 14.7 Å². The molecule has 0 heterocycles. The molecular formula is C12H18N2O3. The standard InChI is InChI=1S/C12H18N2O3/c13-9-3-1-7(5-9)11(15)14-10-4-2-8(6-10)12(16)17/h2,4,7-10H,1,3,5-6,13H2,(H,14,15)(H,16,17). The highest BCUT2D eigenvalue weighted by Crippen LogP contribution is 2.25. The summed E-state index contributed by atoms with van der Waals surface area (Å²) in [5.41, 5.74) is 5.76. The number of aliphatic carboxylic acids is 1. The maximum absolute atomic E-state index is 11.9. The number of hydrogen-bond donors (Lipinski definition) is 3. The molecule has 17 heavy (non-hydrogen) atoms. The van der Waals surface area contributed by atoms with Gasteiger partial charge in [-0.3, -0.25) is 9.59 Å². The van der Waals surface area contributed by atoms with Crippen molar-refractivity contribution >= 4 is 11.9 Å². The number of nitrogens with one attached hydrogen (secondary N) is 1. The first kappa shape index (κ1) is 12.1. The van der Waals surface area contributed by atoms with Crippen molar-refractivity contribution in [2.75, 3.05) is 0 Å². The zero-order chi connectivity index (χ0) is 12.4. The van der Waals surface area contributed by atoms with Gasteiger partial charge in [0.05, 0.1) is 5.92 Å². The van der Waals surface area contributed by atoms with Crippen LogP contribution in [0, 0.1) is 11.8 Å². The van der Waals surface area contributed by atoms with Crippen LogP contribution < -0.4 is 11.1 Å². The maximum Gasteiger partial charge on any atom is 0.310 e. The van der Waals surface area contributed by atoms with Gasteiger partial charge in [0.15, 0.2) is 0 Å². The smallest absolute Gasteiger partial charge is 0.310 e. The Hall–Kier alpha value is -1.36. The Kier molecular flexibility index (Phi) is 3.47. The molecule has 0 aliphatic heterocycles. The van der Waals surface area contributed by atoms with Crippen molar-refractivity contribution in [2.24, 2.45) is 17.6 Å². The van der Waals surface area contributed by atoms with Gasteiger partial charge >= 0.3 is 5.97 Å². The average Bonchev–Trinajstić information content (AvgIpc) is 2.86. The third kappa shape index (κ3) is 2.85. The minimum atomic E-state index is -0.833. The van der Waals surface area contributed by atoms with Crippen molar-refractivity contribution in [2.45, 2.75) is 37.8 Å². The quantitative estimate of drug-likeness (QED) is 0.615. The summed E-state index contributed by atoms with van der Waals surface area (Å²) in [6.45, 7) is 0. The normalized spacial score (nSPS) is 36.1. The topological polar surface area (TPSA) is 92.4 Å². The number of carbonyl (C=O) groups excluding carboxylic acids is 1. The van der Waals surface area contributed by atoms with Gasteiger partial charge in [0, 0.05) is 18.0 Å². The highest BCUT2D eigenvalue weighted by Gasteiger charge is 2.31. The van der Waals surface area contributed by atoms with Crippen LogP contribution in [0.3, 0.4) is 0 Å². The number of nitrogens with two attached hydrogens (primary N) is 1. The molecule has 2 rings (SSSR count). The van der Waals surface area contributed by atoms with Crippen LogP contribution in [0.4, 0.5) is 0 Å². The van der Waals surface area contributed by atoms with Gasteiger partial charge < -0.3 is 16.2 Å². The van der Waals surface area contributed by atoms with Crippen molar-refractivity contribution in [3.8, 4) is 0 Å². The second kappa shape index (κ2) is 4.87. The molecule has 0 spiro atoms. The Morgan fingerprint density at radius 1 is 1.24 bits per heavy atom. The molecule has 4 atom stereocenters. The van der Waals surface area contributed by atoms with E-state index in [1.165, 1.54) is 0 Å². The van der Waals surface area contributed by atoms with E-state index in [1.807, 2.05) is 0 Å². The number of hydrogen-bond acceptors (Lipinski definition) is 3. The Morgan fingerprint density at radius 3 is 2.53 bits per heavy atom. The predicted molar refractivity (Wildman–Crippen MR) is 62.1 cm³/mol. The fourth-order valence-electron chi connectivity index (χ4n) is 2.54. The molecule has 0 bridgehead atoms. The maximum atomic E-state index is 11.9. The fraction of sp³-hybridized carbons (Fsp3) is 0.667. The van der Waals surface area contributed by atoms with Crippen LogP contribution in [0.5, 0.6) is 0 Å². The Morgan fingerprint density at radius 2 is 2.00 bits per heavy atom. The van der Waals surface area contributed by atoms with Crippen molar-refractivity contribution in [1.29, 1.82) is 0 Å². The van der Waals surface area contributed by atoms with E-state index in [4.69, 9.17) is 10.8 Å². The lowest BCUT2D eigenvalue weighted by Crippen LogP contribution is -2.37. The summed E-state index contributed by atoms with van der Waals surface area (Å²) in [6, 6.07) is -0.00272. The molecule has 2 aliphatic carbocycles. The van der Waals surface area contributed by atoms with Crippen LogP contribution in [-0.4, -0.2) is 29.1 Å². The molecule has 94 valence electrons. The number of carbonyl (C=O) groups is 2. The molecule has 2 aliphatic rings. The van der Waals surface area contributed by atoms with Gasteiger partial charge in [-0.2, -0.15) is 0 Å². The van der Waals surface area contributed by atoms with Gasteiger partial charge in [-0.25, -0.2) is 0 Å². The number of rotatable bonds is 3. The summed E-state index contributed by atoms with van der Waals surface area (Å²) in [7, 11) is 0. The van der Waals surface area contributed by atoms with E-state index in [1.54, 1.807) is 12.2 Å². The highest BCUT2D eigenvalue weighted by molar-refractivity contribution is 5.80. The van der Waals surface area contributed by atoms with Crippen LogP contribution >= 0.6 is 0 Å². The molecule has 4 N–H and O–H groups in total. The molecule has 0 radical (unpaired) electrons. The van der Waals surface area contributed by atoms with Gasteiger partial charge in [-0.1, -0.05) is 12.2 Å². The van der Waals surface area contributed by atoms with E-state index in [0.717, 1.165) is 19.3 Å². The predicted octanol–water partition coefficient (Wildman–Crippen LogP) is 0.259. The zero-order valence-corrected chi connectivity index (χ0v) is 9.63.